The van der Waals surface area contributed by atoms with Gasteiger partial charge in [-0.15, -0.1) is 0 Å². The Morgan fingerprint density at radius 3 is 1.99 bits per heavy atom. The number of aliphatic hydroxyl groups excluding tert-OH is 2. The number of carbonyl (C=O) groups excluding carboxylic acids is 9. The predicted molar refractivity (Wildman–Crippen MR) is 258 cm³/mol. The van der Waals surface area contributed by atoms with Crippen molar-refractivity contribution in [3.05, 3.63) is 65.7 Å². The molecule has 2 heterocycles. The minimum atomic E-state index is -1.83. The fraction of sp³-hybridized carbons (Fsp3) is 0.580. The monoisotopic (exact) mass is 993 g/mol. The van der Waals surface area contributed by atoms with Crippen LogP contribution in [0.2, 0.25) is 0 Å². The lowest BCUT2D eigenvalue weighted by molar-refractivity contribution is -0.165. The second-order valence-electron chi connectivity index (χ2n) is 19.2. The lowest BCUT2D eigenvalue weighted by Crippen LogP contribution is -2.65. The molecule has 0 spiro atoms. The van der Waals surface area contributed by atoms with Crippen molar-refractivity contribution in [2.75, 3.05) is 7.05 Å². The molecule has 21 heteroatoms. The first-order chi connectivity index (χ1) is 33.4. The van der Waals surface area contributed by atoms with Crippen LogP contribution in [0.3, 0.4) is 0 Å². The van der Waals surface area contributed by atoms with Gasteiger partial charge >= 0.3 is 5.97 Å². The third-order valence-electron chi connectivity index (χ3n) is 12.5. The zero-order chi connectivity index (χ0) is 52.9. The van der Waals surface area contributed by atoms with E-state index in [1.165, 1.54) is 40.0 Å². The number of cyclic esters (lactones) is 1. The van der Waals surface area contributed by atoms with Gasteiger partial charge in [-0.1, -0.05) is 77.1 Å². The van der Waals surface area contributed by atoms with Gasteiger partial charge in [0.2, 0.25) is 47.3 Å². The van der Waals surface area contributed by atoms with E-state index in [0.717, 1.165) is 9.80 Å². The molecule has 4 rings (SSSR count). The Hall–Kier alpha value is -6.61. The average molecular weight is 993 g/mol. The molecule has 0 radical (unpaired) electrons. The van der Waals surface area contributed by atoms with E-state index in [4.69, 9.17) is 4.74 Å². The normalized spacial score (nSPS) is 25.3. The summed E-state index contributed by atoms with van der Waals surface area (Å²) in [6.07, 6.45) is -4.43. The van der Waals surface area contributed by atoms with E-state index in [0.29, 0.717) is 17.5 Å². The van der Waals surface area contributed by atoms with Gasteiger partial charge in [-0.25, -0.2) is 4.79 Å². The molecule has 2 aliphatic heterocycles. The number of hydrogen-bond donors (Lipinski definition) is 9. The summed E-state index contributed by atoms with van der Waals surface area (Å²) in [6, 6.07) is 2.94. The number of phenols is 1. The van der Waals surface area contributed by atoms with E-state index in [-0.39, 0.29) is 50.2 Å². The Kier molecular flexibility index (Phi) is 20.9. The molecule has 2 aromatic rings. The summed E-state index contributed by atoms with van der Waals surface area (Å²) < 4.78 is 5.86. The minimum Gasteiger partial charge on any atom is -0.508 e. The summed E-state index contributed by atoms with van der Waals surface area (Å²) in [7, 11) is 1.35. The van der Waals surface area contributed by atoms with Gasteiger partial charge < -0.3 is 61.8 Å². The van der Waals surface area contributed by atoms with Crippen LogP contribution in [0.5, 0.6) is 5.75 Å². The smallest absolute Gasteiger partial charge is 0.329 e. The quantitative estimate of drug-likeness (QED) is 0.107. The zero-order valence-electron chi connectivity index (χ0n) is 42.0. The number of aromatic hydroxyl groups is 1. The number of nitrogens with zero attached hydrogens (tertiary/aromatic N) is 2. The van der Waals surface area contributed by atoms with E-state index in [1.807, 2.05) is 0 Å². The first kappa shape index (κ1) is 57.0. The highest BCUT2D eigenvalue weighted by molar-refractivity contribution is 5.99. The van der Waals surface area contributed by atoms with Crippen molar-refractivity contribution in [3.8, 4) is 5.75 Å². The largest absolute Gasteiger partial charge is 0.508 e. The van der Waals surface area contributed by atoms with Gasteiger partial charge in [0.15, 0.2) is 0 Å². The van der Waals surface area contributed by atoms with Gasteiger partial charge in [0.25, 0.3) is 0 Å². The molecule has 21 nitrogen and oxygen atoms in total. The number of esters is 1. The molecule has 2 aromatic carbocycles. The Morgan fingerprint density at radius 2 is 1.39 bits per heavy atom. The second kappa shape index (κ2) is 26.0. The van der Waals surface area contributed by atoms with E-state index >= 15 is 4.79 Å². The molecule has 2 aliphatic rings. The summed E-state index contributed by atoms with van der Waals surface area (Å²) in [5.41, 5.74) is 1.10. The van der Waals surface area contributed by atoms with Crippen LogP contribution < -0.4 is 31.9 Å². The number of aliphatic hydroxyl groups is 2. The van der Waals surface area contributed by atoms with Crippen LogP contribution in [0.1, 0.15) is 98.6 Å². The molecule has 0 unspecified atom stereocenters. The van der Waals surface area contributed by atoms with Crippen LogP contribution in [-0.2, 0) is 60.7 Å². The maximum Gasteiger partial charge on any atom is 0.329 e. The molecule has 71 heavy (non-hydrogen) atoms. The molecular formula is C50H72N8O13. The number of fused-ring (bicyclic) bond motifs is 2. The van der Waals surface area contributed by atoms with Crippen molar-refractivity contribution in [2.45, 2.75) is 167 Å². The van der Waals surface area contributed by atoms with Crippen LogP contribution in [0.4, 0.5) is 0 Å². The highest BCUT2D eigenvalue weighted by atomic mass is 16.5. The van der Waals surface area contributed by atoms with Gasteiger partial charge in [0, 0.05) is 26.3 Å². The van der Waals surface area contributed by atoms with E-state index in [9.17, 15) is 53.7 Å². The molecule has 0 saturated carbocycles. The number of rotatable bonds is 15. The molecule has 2 fully saturated rings. The standard InChI is InChI=1S/C50H72N8O13/c1-10-14-38(61)51-28(6)43(63)55-41(29(7)59)46(66)56-42-30(8)71-50(70)40(27(4)5)54-45(65)36(24-32-17-19-33(60)20-18-32)57(9)49(69)37(25-31-15-12-11-13-16-31)58-39(62)22-21-34(48(58)68)52-44(64)35(23-26(2)3)53-47(42)67/h11-13,15-20,26-30,34-37,39-42,59-60,62H,10,14,21-25H2,1-9H3,(H,51,61)(H,52,64)(H,53,67)(H,54,65)(H,55,63)(H,56,66)/t28-,29-,30+,34-,35-,36-,37-,39+,40-,41-,42-/m0/s1. The fourth-order valence-electron chi connectivity index (χ4n) is 8.43. The summed E-state index contributed by atoms with van der Waals surface area (Å²) in [5, 5.41) is 47.7. The van der Waals surface area contributed by atoms with Crippen LogP contribution in [0.15, 0.2) is 54.6 Å². The number of carbonyl (C=O) groups is 9. The maximum atomic E-state index is 15.0. The first-order valence-electron chi connectivity index (χ1n) is 24.2. The number of likely N-dealkylation sites (N-methyl/N-ethyl adjacent to an activating group) is 1. The SMILES string of the molecule is CCCC(=O)N[C@@H](C)C(=O)N[C@H](C(=O)N[C@@H]1C(=O)N[C@@H](CC(C)C)C(=O)N[C@H]2CC[C@@H](O)N(C2=O)[C@@H](Cc2ccccc2)C(=O)N(C)[C@@H](Cc2ccc(O)cc2)C(=O)N[C@@H](C(C)C)C(=O)O[C@@H]1C)[C@H](C)O. The third-order valence-corrected chi connectivity index (χ3v) is 12.5. The van der Waals surface area contributed by atoms with Crippen molar-refractivity contribution in [1.29, 1.82) is 0 Å². The van der Waals surface area contributed by atoms with Gasteiger partial charge in [-0.3, -0.25) is 38.4 Å². The van der Waals surface area contributed by atoms with Crippen LogP contribution >= 0.6 is 0 Å². The Bertz CT molecular complexity index is 2210. The van der Waals surface area contributed by atoms with Gasteiger partial charge in [0.05, 0.1) is 6.10 Å². The highest BCUT2D eigenvalue weighted by Gasteiger charge is 2.46. The van der Waals surface area contributed by atoms with Crippen molar-refractivity contribution in [3.63, 3.8) is 0 Å². The maximum absolute atomic E-state index is 15.0. The number of benzene rings is 2. The van der Waals surface area contributed by atoms with Crippen molar-refractivity contribution in [2.24, 2.45) is 11.8 Å². The Morgan fingerprint density at radius 1 is 0.775 bits per heavy atom. The Labute approximate surface area is 414 Å². The average Bonchev–Trinajstić information content (AvgIpc) is 3.30. The summed E-state index contributed by atoms with van der Waals surface area (Å²) in [4.78, 5) is 129. The van der Waals surface area contributed by atoms with Crippen LogP contribution in [-0.4, -0.2) is 152 Å². The van der Waals surface area contributed by atoms with E-state index < -0.39 is 126 Å². The fourth-order valence-corrected chi connectivity index (χ4v) is 8.43. The molecular weight excluding hydrogens is 921 g/mol. The molecule has 8 amide bonds. The topological polar surface area (TPSA) is 302 Å². The van der Waals surface area contributed by atoms with Crippen LogP contribution in [0.25, 0.3) is 0 Å². The second-order valence-corrected chi connectivity index (χ2v) is 19.2. The predicted octanol–water partition coefficient (Wildman–Crippen LogP) is 0.0708. The lowest BCUT2D eigenvalue weighted by Gasteiger charge is -2.43. The zero-order valence-corrected chi connectivity index (χ0v) is 42.0. The molecule has 2 saturated heterocycles. The molecule has 9 N–H and O–H groups in total. The Balaban J connectivity index is 1.85. The number of nitrogens with one attached hydrogen (secondary N) is 6. The molecule has 390 valence electrons. The van der Waals surface area contributed by atoms with Gasteiger partial charge in [-0.2, -0.15) is 0 Å². The third kappa shape index (κ3) is 15.7. The molecule has 2 bridgehead atoms. The van der Waals surface area contributed by atoms with Gasteiger partial charge in [0.1, 0.15) is 66.4 Å². The number of amides is 8. The van der Waals surface area contributed by atoms with E-state index in [1.54, 1.807) is 77.1 Å². The molecule has 11 atom stereocenters. The lowest BCUT2D eigenvalue weighted by atomic mass is 9.95. The summed E-state index contributed by atoms with van der Waals surface area (Å²) in [5.74, 6) is -8.71. The van der Waals surface area contributed by atoms with E-state index in [2.05, 4.69) is 31.9 Å². The molecule has 0 aromatic heterocycles. The number of hydrogen-bond acceptors (Lipinski definition) is 13. The number of phenolic OH excluding ortho intramolecular Hbond substituents is 1. The van der Waals surface area contributed by atoms with Crippen LogP contribution in [0, 0.1) is 11.8 Å². The van der Waals surface area contributed by atoms with Crippen molar-refractivity contribution < 1.29 is 63.2 Å². The highest BCUT2D eigenvalue weighted by Crippen LogP contribution is 2.26. The first-order valence-corrected chi connectivity index (χ1v) is 24.2. The number of ether oxygens (including phenoxy) is 1. The molecule has 0 aliphatic carbocycles. The van der Waals surface area contributed by atoms with Crippen molar-refractivity contribution >= 4 is 53.2 Å². The summed E-state index contributed by atoms with van der Waals surface area (Å²) >= 11 is 0. The number of piperidine rings is 1. The van der Waals surface area contributed by atoms with Crippen molar-refractivity contribution in [1.82, 2.24) is 41.7 Å². The summed E-state index contributed by atoms with van der Waals surface area (Å²) in [6.45, 7) is 12.4. The minimum absolute atomic E-state index is 0.00254. The van der Waals surface area contributed by atoms with Gasteiger partial charge in [-0.05, 0) is 81.5 Å².